The van der Waals surface area contributed by atoms with Crippen LogP contribution in [0, 0.1) is 0 Å². The van der Waals surface area contributed by atoms with E-state index < -0.39 is 5.60 Å². The smallest absolute Gasteiger partial charge is 0.268 e. The maximum atomic E-state index is 12.4. The largest absolute Gasteiger partial charge is 0.388 e. The molecule has 2 aliphatic rings. The minimum atomic E-state index is -0.693. The van der Waals surface area contributed by atoms with E-state index in [4.69, 9.17) is 0 Å². The average Bonchev–Trinajstić information content (AvgIpc) is 3.15. The van der Waals surface area contributed by atoms with Crippen LogP contribution in [0.5, 0.6) is 0 Å². The number of hydrogen-bond acceptors (Lipinski definition) is 3. The van der Waals surface area contributed by atoms with Crippen LogP contribution >= 0.6 is 0 Å². The lowest BCUT2D eigenvalue weighted by Gasteiger charge is -2.26. The second-order valence-corrected chi connectivity index (χ2v) is 6.40. The normalized spacial score (nSPS) is 22.3. The highest BCUT2D eigenvalue weighted by molar-refractivity contribution is 5.92. The molecule has 5 heteroatoms. The Bertz CT molecular complexity index is 485. The van der Waals surface area contributed by atoms with E-state index in [0.717, 1.165) is 51.6 Å². The van der Waals surface area contributed by atoms with E-state index in [9.17, 15) is 9.90 Å². The number of carbonyl (C=O) groups excluding carboxylic acids is 1. The SMILES string of the molecule is O=C(NCC1(O)CCCC1)c1cccn1C1CCNCC1. The van der Waals surface area contributed by atoms with E-state index in [-0.39, 0.29) is 5.91 Å². The number of nitrogens with one attached hydrogen (secondary N) is 2. The van der Waals surface area contributed by atoms with Crippen molar-refractivity contribution >= 4 is 5.91 Å². The molecule has 5 nitrogen and oxygen atoms in total. The molecule has 0 unspecified atom stereocenters. The Kier molecular flexibility index (Phi) is 4.31. The molecule has 1 aliphatic carbocycles. The van der Waals surface area contributed by atoms with E-state index in [1.54, 1.807) is 0 Å². The van der Waals surface area contributed by atoms with Crippen LogP contribution in [0.1, 0.15) is 55.1 Å². The highest BCUT2D eigenvalue weighted by atomic mass is 16.3. The van der Waals surface area contributed by atoms with Crippen LogP contribution in [0.2, 0.25) is 0 Å². The van der Waals surface area contributed by atoms with E-state index >= 15 is 0 Å². The van der Waals surface area contributed by atoms with E-state index in [1.807, 2.05) is 18.3 Å². The Morgan fingerprint density at radius 2 is 2.10 bits per heavy atom. The molecule has 3 N–H and O–H groups in total. The maximum absolute atomic E-state index is 12.4. The topological polar surface area (TPSA) is 66.3 Å². The van der Waals surface area contributed by atoms with Gasteiger partial charge in [0.2, 0.25) is 0 Å². The van der Waals surface area contributed by atoms with Crippen molar-refractivity contribution in [3.05, 3.63) is 24.0 Å². The van der Waals surface area contributed by atoms with Gasteiger partial charge in [0, 0.05) is 18.8 Å². The Balaban J connectivity index is 1.63. The van der Waals surface area contributed by atoms with Crippen LogP contribution in [-0.2, 0) is 0 Å². The minimum Gasteiger partial charge on any atom is -0.388 e. The predicted octanol–water partition coefficient (Wildman–Crippen LogP) is 1.45. The molecule has 2 heterocycles. The summed E-state index contributed by atoms with van der Waals surface area (Å²) in [6.07, 6.45) is 7.80. The molecule has 0 spiro atoms. The summed E-state index contributed by atoms with van der Waals surface area (Å²) < 4.78 is 2.09. The second kappa shape index (κ2) is 6.20. The van der Waals surface area contributed by atoms with Gasteiger partial charge in [0.1, 0.15) is 5.69 Å². The van der Waals surface area contributed by atoms with Gasteiger partial charge in [-0.3, -0.25) is 4.79 Å². The number of carbonyl (C=O) groups is 1. The number of piperidine rings is 1. The highest BCUT2D eigenvalue weighted by Gasteiger charge is 2.31. The van der Waals surface area contributed by atoms with Gasteiger partial charge < -0.3 is 20.3 Å². The zero-order chi connectivity index (χ0) is 14.7. The van der Waals surface area contributed by atoms with Gasteiger partial charge in [-0.1, -0.05) is 12.8 Å². The van der Waals surface area contributed by atoms with Gasteiger partial charge in [0.05, 0.1) is 5.60 Å². The third-order valence-corrected chi connectivity index (χ3v) is 4.83. The van der Waals surface area contributed by atoms with Gasteiger partial charge in [-0.15, -0.1) is 0 Å². The molecule has 2 fully saturated rings. The number of rotatable bonds is 4. The van der Waals surface area contributed by atoms with Gasteiger partial charge >= 0.3 is 0 Å². The van der Waals surface area contributed by atoms with E-state index in [2.05, 4.69) is 15.2 Å². The Morgan fingerprint density at radius 1 is 1.38 bits per heavy atom. The summed E-state index contributed by atoms with van der Waals surface area (Å²) >= 11 is 0. The fraction of sp³-hybridized carbons (Fsp3) is 0.688. The first-order chi connectivity index (χ1) is 10.2. The molecule has 116 valence electrons. The van der Waals surface area contributed by atoms with Crippen molar-refractivity contribution in [2.24, 2.45) is 0 Å². The lowest BCUT2D eigenvalue weighted by atomic mass is 10.0. The Hall–Kier alpha value is -1.33. The van der Waals surface area contributed by atoms with Crippen LogP contribution in [0.3, 0.4) is 0 Å². The highest BCUT2D eigenvalue weighted by Crippen LogP contribution is 2.28. The van der Waals surface area contributed by atoms with Crippen molar-refractivity contribution in [3.63, 3.8) is 0 Å². The van der Waals surface area contributed by atoms with Crippen LogP contribution in [0.25, 0.3) is 0 Å². The molecule has 1 aromatic heterocycles. The number of aromatic nitrogens is 1. The fourth-order valence-electron chi connectivity index (χ4n) is 3.53. The van der Waals surface area contributed by atoms with Gasteiger partial charge in [-0.25, -0.2) is 0 Å². The molecular formula is C16H25N3O2. The molecule has 1 saturated carbocycles. The summed E-state index contributed by atoms with van der Waals surface area (Å²) in [5, 5.41) is 16.6. The lowest BCUT2D eigenvalue weighted by molar-refractivity contribution is 0.0447. The summed E-state index contributed by atoms with van der Waals surface area (Å²) in [7, 11) is 0. The number of aliphatic hydroxyl groups is 1. The van der Waals surface area contributed by atoms with Crippen LogP contribution in [0.15, 0.2) is 18.3 Å². The molecule has 0 radical (unpaired) electrons. The molecule has 1 saturated heterocycles. The predicted molar refractivity (Wildman–Crippen MR) is 81.3 cm³/mol. The Morgan fingerprint density at radius 3 is 2.81 bits per heavy atom. The minimum absolute atomic E-state index is 0.0705. The lowest BCUT2D eigenvalue weighted by Crippen LogP contribution is -2.41. The summed E-state index contributed by atoms with van der Waals surface area (Å²) in [5.41, 5.74) is 0.0190. The first kappa shape index (κ1) is 14.6. The zero-order valence-electron chi connectivity index (χ0n) is 12.5. The van der Waals surface area contributed by atoms with Crippen molar-refractivity contribution in [1.82, 2.24) is 15.2 Å². The number of amides is 1. The molecule has 1 amide bonds. The summed E-state index contributed by atoms with van der Waals surface area (Å²) in [5.74, 6) is -0.0705. The molecule has 0 aromatic carbocycles. The molecular weight excluding hydrogens is 266 g/mol. The molecule has 1 aliphatic heterocycles. The van der Waals surface area contributed by atoms with Crippen LogP contribution < -0.4 is 10.6 Å². The van der Waals surface area contributed by atoms with Crippen molar-refractivity contribution in [1.29, 1.82) is 0 Å². The van der Waals surface area contributed by atoms with Crippen molar-refractivity contribution in [3.8, 4) is 0 Å². The van der Waals surface area contributed by atoms with Crippen LogP contribution in [-0.4, -0.2) is 40.8 Å². The molecule has 0 bridgehead atoms. The Labute approximate surface area is 125 Å². The monoisotopic (exact) mass is 291 g/mol. The quantitative estimate of drug-likeness (QED) is 0.786. The number of nitrogens with zero attached hydrogens (tertiary/aromatic N) is 1. The van der Waals surface area contributed by atoms with Crippen molar-refractivity contribution in [2.75, 3.05) is 19.6 Å². The van der Waals surface area contributed by atoms with Gasteiger partial charge in [0.25, 0.3) is 5.91 Å². The van der Waals surface area contributed by atoms with Gasteiger partial charge in [0.15, 0.2) is 0 Å². The van der Waals surface area contributed by atoms with Gasteiger partial charge in [-0.05, 0) is 50.9 Å². The van der Waals surface area contributed by atoms with Crippen molar-refractivity contribution < 1.29 is 9.90 Å². The summed E-state index contributed by atoms with van der Waals surface area (Å²) in [6.45, 7) is 2.37. The summed E-state index contributed by atoms with van der Waals surface area (Å²) in [4.78, 5) is 12.4. The average molecular weight is 291 g/mol. The molecule has 21 heavy (non-hydrogen) atoms. The van der Waals surface area contributed by atoms with Crippen LogP contribution in [0.4, 0.5) is 0 Å². The van der Waals surface area contributed by atoms with E-state index in [1.165, 1.54) is 0 Å². The molecule has 1 aromatic rings. The first-order valence-corrected chi connectivity index (χ1v) is 8.06. The first-order valence-electron chi connectivity index (χ1n) is 8.06. The van der Waals surface area contributed by atoms with Crippen molar-refractivity contribution in [2.45, 2.75) is 50.2 Å². The summed E-state index contributed by atoms with van der Waals surface area (Å²) in [6, 6.07) is 4.20. The van der Waals surface area contributed by atoms with E-state index in [0.29, 0.717) is 18.3 Å². The fourth-order valence-corrected chi connectivity index (χ4v) is 3.53. The third kappa shape index (κ3) is 3.30. The maximum Gasteiger partial charge on any atom is 0.268 e. The third-order valence-electron chi connectivity index (χ3n) is 4.83. The second-order valence-electron chi connectivity index (χ2n) is 6.40. The standard InChI is InChI=1S/C16H25N3O2/c20-15(18-12-16(21)7-1-2-8-16)14-4-3-11-19(14)13-5-9-17-10-6-13/h3-4,11,13,17,21H,1-2,5-10,12H2,(H,18,20). The number of hydrogen-bond donors (Lipinski definition) is 3. The molecule has 3 rings (SSSR count). The van der Waals surface area contributed by atoms with Gasteiger partial charge in [-0.2, -0.15) is 0 Å². The molecule has 0 atom stereocenters. The zero-order valence-corrected chi connectivity index (χ0v) is 12.5.